The minimum Gasteiger partial charge on any atom is -0.497 e. The van der Waals surface area contributed by atoms with Crippen LogP contribution < -0.4 is 11.2 Å². The van der Waals surface area contributed by atoms with Crippen molar-refractivity contribution in [2.75, 3.05) is 19.0 Å². The highest BCUT2D eigenvalue weighted by molar-refractivity contribution is 7.80. The zero-order chi connectivity index (χ0) is 22.1. The Morgan fingerprint density at radius 3 is 2.67 bits per heavy atom. The number of ether oxygens (including phenoxy) is 1. The van der Waals surface area contributed by atoms with E-state index < -0.39 is 0 Å². The van der Waals surface area contributed by atoms with Crippen molar-refractivity contribution >= 4 is 40.5 Å². The Labute approximate surface area is 186 Å². The number of methoxy groups -OCH3 is 1. The molecule has 0 unspecified atom stereocenters. The zero-order valence-electron chi connectivity index (χ0n) is 16.8. The van der Waals surface area contributed by atoms with E-state index in [0.717, 1.165) is 5.57 Å². The van der Waals surface area contributed by atoms with Gasteiger partial charge >= 0.3 is 0 Å². The van der Waals surface area contributed by atoms with Gasteiger partial charge in [0.1, 0.15) is 11.6 Å². The van der Waals surface area contributed by atoms with Crippen LogP contribution in [0.3, 0.4) is 0 Å². The van der Waals surface area contributed by atoms with Gasteiger partial charge in [-0.05, 0) is 67.7 Å². The molecule has 0 bridgehead atoms. The van der Waals surface area contributed by atoms with Crippen molar-refractivity contribution in [1.29, 1.82) is 0 Å². The van der Waals surface area contributed by atoms with Crippen molar-refractivity contribution in [1.82, 2.24) is 9.99 Å². The van der Waals surface area contributed by atoms with Crippen LogP contribution >= 0.6 is 23.8 Å². The Morgan fingerprint density at radius 1 is 1.33 bits per heavy atom. The highest BCUT2D eigenvalue weighted by Crippen LogP contribution is 2.19. The average molecular weight is 443 g/mol. The lowest BCUT2D eigenvalue weighted by Gasteiger charge is -2.21. The molecular formula is C22H23ClN4O2S. The second-order valence-corrected chi connectivity index (χ2v) is 7.11. The van der Waals surface area contributed by atoms with Gasteiger partial charge in [-0.15, -0.1) is 0 Å². The third kappa shape index (κ3) is 6.52. The van der Waals surface area contributed by atoms with Crippen molar-refractivity contribution in [3.63, 3.8) is 0 Å². The van der Waals surface area contributed by atoms with E-state index in [1.165, 1.54) is 5.01 Å². The molecule has 3 N–H and O–H groups in total. The van der Waals surface area contributed by atoms with Gasteiger partial charge < -0.3 is 10.1 Å². The van der Waals surface area contributed by atoms with E-state index in [2.05, 4.69) is 16.9 Å². The van der Waals surface area contributed by atoms with Crippen LogP contribution in [-0.4, -0.2) is 34.5 Å². The molecule has 156 valence electrons. The molecule has 2 aromatic rings. The molecule has 8 heteroatoms. The second kappa shape index (κ2) is 11.3. The molecule has 1 heterocycles. The van der Waals surface area contributed by atoms with Crippen LogP contribution in [0, 0.1) is 0 Å². The van der Waals surface area contributed by atoms with Gasteiger partial charge in [-0.25, -0.2) is 10.8 Å². The summed E-state index contributed by atoms with van der Waals surface area (Å²) in [5, 5.41) is 5.10. The smallest absolute Gasteiger partial charge is 0.196 e. The van der Waals surface area contributed by atoms with Crippen LogP contribution in [0.1, 0.15) is 22.8 Å². The highest BCUT2D eigenvalue weighted by Gasteiger charge is 2.16. The molecule has 1 aromatic carbocycles. The van der Waals surface area contributed by atoms with Crippen molar-refractivity contribution < 1.29 is 9.53 Å². The first-order chi connectivity index (χ1) is 14.3. The third-order valence-electron chi connectivity index (χ3n) is 4.03. The summed E-state index contributed by atoms with van der Waals surface area (Å²) in [5.74, 6) is 6.84. The third-order valence-corrected chi connectivity index (χ3v) is 4.62. The molecule has 0 aliphatic heterocycles. The fourth-order valence-corrected chi connectivity index (χ4v) is 2.74. The summed E-state index contributed by atoms with van der Waals surface area (Å²) in [5.41, 5.74) is 1.81. The molecule has 0 aliphatic carbocycles. The zero-order valence-corrected chi connectivity index (χ0v) is 18.3. The normalized spacial score (nSPS) is 11.6. The van der Waals surface area contributed by atoms with Gasteiger partial charge in [-0.2, -0.15) is 0 Å². The maximum absolute atomic E-state index is 12.9. The SMILES string of the molecule is C=C/C(=C\C=C(/C)CN(N)C(=S)Nc1ncccc1C(=O)c1ccc(Cl)cc1)OC. The summed E-state index contributed by atoms with van der Waals surface area (Å²) in [7, 11) is 1.57. The quantitative estimate of drug-likeness (QED) is 0.155. The largest absolute Gasteiger partial charge is 0.497 e. The molecule has 6 nitrogen and oxygen atoms in total. The number of hydrogen-bond acceptors (Lipinski definition) is 5. The van der Waals surface area contributed by atoms with Crippen LogP contribution in [0.5, 0.6) is 0 Å². The molecule has 2 rings (SSSR count). The number of halogens is 1. The minimum absolute atomic E-state index is 0.202. The summed E-state index contributed by atoms with van der Waals surface area (Å²) < 4.78 is 5.13. The van der Waals surface area contributed by atoms with Crippen molar-refractivity contribution in [3.8, 4) is 0 Å². The first-order valence-electron chi connectivity index (χ1n) is 8.98. The van der Waals surface area contributed by atoms with Gasteiger partial charge in [0.05, 0.1) is 19.2 Å². The monoisotopic (exact) mass is 442 g/mol. The molecule has 30 heavy (non-hydrogen) atoms. The minimum atomic E-state index is -0.202. The number of anilines is 1. The van der Waals surface area contributed by atoms with E-state index in [-0.39, 0.29) is 10.9 Å². The lowest BCUT2D eigenvalue weighted by atomic mass is 10.0. The number of thiocarbonyl (C=S) groups is 1. The molecule has 0 saturated heterocycles. The molecule has 0 atom stereocenters. The predicted molar refractivity (Wildman–Crippen MR) is 125 cm³/mol. The molecule has 0 radical (unpaired) electrons. The molecule has 0 fully saturated rings. The number of carbonyl (C=O) groups excluding carboxylic acids is 1. The van der Waals surface area contributed by atoms with E-state index in [1.54, 1.807) is 61.9 Å². The number of carbonyl (C=O) groups is 1. The van der Waals surface area contributed by atoms with Gasteiger partial charge in [-0.3, -0.25) is 9.80 Å². The van der Waals surface area contributed by atoms with Crippen molar-refractivity contribution in [2.24, 2.45) is 5.84 Å². The van der Waals surface area contributed by atoms with Gasteiger partial charge in [0, 0.05) is 16.8 Å². The fourth-order valence-electron chi connectivity index (χ4n) is 2.46. The maximum atomic E-state index is 12.9. The van der Waals surface area contributed by atoms with Crippen LogP contribution in [-0.2, 0) is 4.74 Å². The Morgan fingerprint density at radius 2 is 2.03 bits per heavy atom. The van der Waals surface area contributed by atoms with E-state index >= 15 is 0 Å². The fraction of sp³-hybridized carbons (Fsp3) is 0.136. The first kappa shape index (κ1) is 23.3. The first-order valence-corrected chi connectivity index (χ1v) is 9.76. The lowest BCUT2D eigenvalue weighted by Crippen LogP contribution is -2.41. The Balaban J connectivity index is 2.12. The predicted octanol–water partition coefficient (Wildman–Crippen LogP) is 4.50. The van der Waals surface area contributed by atoms with E-state index in [1.807, 2.05) is 13.0 Å². The summed E-state index contributed by atoms with van der Waals surface area (Å²) in [4.78, 5) is 17.1. The Kier molecular flexibility index (Phi) is 8.73. The molecule has 0 spiro atoms. The number of ketones is 1. The number of rotatable bonds is 8. The van der Waals surface area contributed by atoms with Gasteiger partial charge in [0.15, 0.2) is 10.9 Å². The van der Waals surface area contributed by atoms with Gasteiger partial charge in [0.25, 0.3) is 0 Å². The molecular weight excluding hydrogens is 420 g/mol. The van der Waals surface area contributed by atoms with E-state index in [4.69, 9.17) is 34.4 Å². The molecule has 1 aromatic heterocycles. The number of benzene rings is 1. The van der Waals surface area contributed by atoms with Crippen molar-refractivity contribution in [2.45, 2.75) is 6.92 Å². The highest BCUT2D eigenvalue weighted by atomic mass is 35.5. The molecule has 0 saturated carbocycles. The summed E-state index contributed by atoms with van der Waals surface area (Å²) in [6.07, 6.45) is 6.83. The summed E-state index contributed by atoms with van der Waals surface area (Å²) in [6.45, 7) is 5.94. The summed E-state index contributed by atoms with van der Waals surface area (Å²) in [6, 6.07) is 10.0. The number of pyridine rings is 1. The van der Waals surface area contributed by atoms with Gasteiger partial charge in [-0.1, -0.05) is 29.8 Å². The second-order valence-electron chi connectivity index (χ2n) is 6.28. The summed E-state index contributed by atoms with van der Waals surface area (Å²) >= 11 is 11.3. The van der Waals surface area contributed by atoms with Crippen molar-refractivity contribution in [3.05, 3.63) is 94.9 Å². The van der Waals surface area contributed by atoms with Gasteiger partial charge in [0.2, 0.25) is 0 Å². The number of hydrazine groups is 1. The van der Waals surface area contributed by atoms with E-state index in [0.29, 0.717) is 34.3 Å². The standard InChI is InChI=1S/C22H23ClN4O2S/c1-4-18(29-3)12-7-15(2)14-27(24)22(30)26-21-19(6-5-13-25-21)20(28)16-8-10-17(23)11-9-16/h4-13H,1,14,24H2,2-3H3,(H,25,26,30)/b15-7+,18-12+. The number of nitrogens with zero attached hydrogens (tertiary/aromatic N) is 2. The molecule has 0 aliphatic rings. The average Bonchev–Trinajstić information content (AvgIpc) is 2.74. The number of hydrogen-bond donors (Lipinski definition) is 2. The molecule has 0 amide bonds. The Hall–Kier alpha value is -3.00. The van der Waals surface area contributed by atoms with Crippen LogP contribution in [0.2, 0.25) is 5.02 Å². The lowest BCUT2D eigenvalue weighted by molar-refractivity contribution is 0.103. The van der Waals surface area contributed by atoms with Crippen LogP contribution in [0.25, 0.3) is 0 Å². The van der Waals surface area contributed by atoms with Crippen LogP contribution in [0.4, 0.5) is 5.82 Å². The number of nitrogens with two attached hydrogens (primary N) is 1. The Bertz CT molecular complexity index is 987. The topological polar surface area (TPSA) is 80.5 Å². The number of nitrogens with one attached hydrogen (secondary N) is 1. The maximum Gasteiger partial charge on any atom is 0.196 e. The number of allylic oxidation sites excluding steroid dienone is 3. The van der Waals surface area contributed by atoms with E-state index in [9.17, 15) is 4.79 Å². The van der Waals surface area contributed by atoms with Crippen LogP contribution in [0.15, 0.2) is 78.7 Å². The number of aromatic nitrogens is 1.